The largest absolute Gasteiger partial charge is 0.508 e. The number of likely N-dealkylation sites (tertiary alicyclic amines) is 1. The summed E-state index contributed by atoms with van der Waals surface area (Å²) in [6.07, 6.45) is 12.8. The average Bonchev–Trinajstić information content (AvgIpc) is 3.91. The van der Waals surface area contributed by atoms with Gasteiger partial charge in [-0.25, -0.2) is 13.8 Å². The molecule has 4 atom stereocenters. The maximum atomic E-state index is 17.3. The molecule has 13 heteroatoms. The zero-order valence-corrected chi connectivity index (χ0v) is 29.4. The molecular formula is C39H43F2N5O6. The SMILES string of the molecule is C#Cc1c(F)ccc2cc(O)cc(-c3nc(OC)c4c(N5CC(CO)OCC(C)(O)C5)nc(OCC56CCCC5N(C5CC5)CCC6)nc4c3F)c12. The second-order valence-electron chi connectivity index (χ2n) is 15.1. The van der Waals surface area contributed by atoms with E-state index in [1.165, 1.54) is 44.2 Å². The standard InChI is InChI=1S/C39H43F2N5O6/c1-4-26-28(40)11-8-22-15-24(48)16-27(30(22)26)33-32(41)34-31(36(42-33)50-3)35(45-17-25(18-47)51-20-38(2,49)19-45)44-37(43-34)52-21-39-12-5-7-29(39)46(14-6-13-39)23-9-10-23/h1,8,11,15-16,23,25,29,47-49H,5-7,9-10,12-14,17-21H2,2-3H3. The Morgan fingerprint density at radius 3 is 2.65 bits per heavy atom. The van der Waals surface area contributed by atoms with E-state index in [0.717, 1.165) is 38.6 Å². The summed E-state index contributed by atoms with van der Waals surface area (Å²) in [6.45, 7) is 2.80. The number of nitrogens with zero attached hydrogens (tertiary/aromatic N) is 5. The summed E-state index contributed by atoms with van der Waals surface area (Å²) in [4.78, 5) is 18.4. The van der Waals surface area contributed by atoms with Gasteiger partial charge in [-0.1, -0.05) is 18.4 Å². The molecule has 0 spiro atoms. The number of terminal acetylenes is 1. The van der Waals surface area contributed by atoms with Crippen molar-refractivity contribution in [3.63, 3.8) is 0 Å². The van der Waals surface area contributed by atoms with Gasteiger partial charge in [-0.2, -0.15) is 9.97 Å². The normalized spacial score (nSPS) is 26.7. The number of aliphatic hydroxyl groups is 2. The summed E-state index contributed by atoms with van der Waals surface area (Å²) in [5.41, 5.74) is -1.97. The number of aromatic nitrogens is 3. The third-order valence-corrected chi connectivity index (χ3v) is 11.3. The number of aliphatic hydroxyl groups excluding tert-OH is 1. The smallest absolute Gasteiger partial charge is 0.319 e. The van der Waals surface area contributed by atoms with Gasteiger partial charge in [0.15, 0.2) is 5.82 Å². The summed E-state index contributed by atoms with van der Waals surface area (Å²) in [5.74, 6) is 0.705. The highest BCUT2D eigenvalue weighted by Crippen LogP contribution is 2.51. The van der Waals surface area contributed by atoms with E-state index in [0.29, 0.717) is 24.1 Å². The first kappa shape index (κ1) is 34.7. The number of aromatic hydroxyl groups is 1. The molecule has 2 saturated heterocycles. The molecule has 274 valence electrons. The number of hydrogen-bond donors (Lipinski definition) is 3. The molecule has 4 heterocycles. The third-order valence-electron chi connectivity index (χ3n) is 11.3. The molecule has 0 bridgehead atoms. The summed E-state index contributed by atoms with van der Waals surface area (Å²) >= 11 is 0. The van der Waals surface area contributed by atoms with Crippen LogP contribution in [-0.2, 0) is 4.74 Å². The Hall–Kier alpha value is -4.35. The quantitative estimate of drug-likeness (QED) is 0.214. The van der Waals surface area contributed by atoms with E-state index in [2.05, 4.69) is 20.8 Å². The highest BCUT2D eigenvalue weighted by molar-refractivity contribution is 6.04. The van der Waals surface area contributed by atoms with E-state index in [1.807, 2.05) is 0 Å². The summed E-state index contributed by atoms with van der Waals surface area (Å²) in [7, 11) is 1.37. The predicted octanol–water partition coefficient (Wildman–Crippen LogP) is 4.94. The van der Waals surface area contributed by atoms with E-state index < -0.39 is 23.3 Å². The van der Waals surface area contributed by atoms with Crippen molar-refractivity contribution in [2.45, 2.75) is 75.7 Å². The minimum Gasteiger partial charge on any atom is -0.508 e. The van der Waals surface area contributed by atoms with Crippen LogP contribution in [0.5, 0.6) is 17.6 Å². The molecule has 2 saturated carbocycles. The number of β-amino-alcohol motifs (C(OH)–C–C–N with tert-alkyl or cyclic N) is 1. The van der Waals surface area contributed by atoms with Gasteiger partial charge in [-0.3, -0.25) is 4.90 Å². The molecule has 11 nitrogen and oxygen atoms in total. The number of phenolic OH excluding ortho intramolecular Hbond substituents is 1. The Labute approximate surface area is 300 Å². The molecule has 2 aliphatic carbocycles. The summed E-state index contributed by atoms with van der Waals surface area (Å²) in [6, 6.07) is 6.31. The number of phenols is 1. The molecular weight excluding hydrogens is 672 g/mol. The van der Waals surface area contributed by atoms with Crippen LogP contribution < -0.4 is 14.4 Å². The number of benzene rings is 2. The van der Waals surface area contributed by atoms with E-state index in [9.17, 15) is 15.3 Å². The van der Waals surface area contributed by atoms with Crippen molar-refractivity contribution in [2.24, 2.45) is 5.41 Å². The molecule has 4 fully saturated rings. The highest BCUT2D eigenvalue weighted by Gasteiger charge is 2.51. The van der Waals surface area contributed by atoms with E-state index in [4.69, 9.17) is 25.6 Å². The molecule has 0 radical (unpaired) electrons. The van der Waals surface area contributed by atoms with Crippen LogP contribution in [0.4, 0.5) is 14.6 Å². The van der Waals surface area contributed by atoms with Crippen LogP contribution in [0.3, 0.4) is 0 Å². The van der Waals surface area contributed by atoms with Crippen LogP contribution >= 0.6 is 0 Å². The van der Waals surface area contributed by atoms with Crippen LogP contribution in [0.25, 0.3) is 32.9 Å². The number of halogens is 2. The Kier molecular flexibility index (Phi) is 8.85. The molecule has 3 N–H and O–H groups in total. The van der Waals surface area contributed by atoms with Gasteiger partial charge in [-0.05, 0) is 75.6 Å². The van der Waals surface area contributed by atoms with Crippen LogP contribution in [0.1, 0.15) is 57.4 Å². The van der Waals surface area contributed by atoms with Crippen molar-refractivity contribution < 1.29 is 38.3 Å². The molecule has 8 rings (SSSR count). The second-order valence-corrected chi connectivity index (χ2v) is 15.1. The number of fused-ring (bicyclic) bond motifs is 3. The third kappa shape index (κ3) is 6.05. The van der Waals surface area contributed by atoms with E-state index in [1.54, 1.807) is 11.8 Å². The Morgan fingerprint density at radius 2 is 1.90 bits per heavy atom. The molecule has 4 aliphatic rings. The van der Waals surface area contributed by atoms with Gasteiger partial charge in [0.25, 0.3) is 0 Å². The van der Waals surface area contributed by atoms with Gasteiger partial charge in [0.1, 0.15) is 39.6 Å². The zero-order chi connectivity index (χ0) is 36.4. The van der Waals surface area contributed by atoms with Gasteiger partial charge in [0.2, 0.25) is 5.88 Å². The van der Waals surface area contributed by atoms with Crippen LogP contribution in [0.2, 0.25) is 0 Å². The lowest BCUT2D eigenvalue weighted by Gasteiger charge is -2.46. The van der Waals surface area contributed by atoms with Crippen molar-refractivity contribution in [1.82, 2.24) is 19.9 Å². The minimum absolute atomic E-state index is 0.0198. The molecule has 2 aromatic heterocycles. The Morgan fingerprint density at radius 1 is 1.10 bits per heavy atom. The maximum absolute atomic E-state index is 17.3. The molecule has 0 amide bonds. The summed E-state index contributed by atoms with van der Waals surface area (Å²) in [5, 5.41) is 32.8. The Bertz CT molecular complexity index is 2090. The lowest BCUT2D eigenvalue weighted by molar-refractivity contribution is -0.0528. The van der Waals surface area contributed by atoms with E-state index in [-0.39, 0.29) is 88.3 Å². The monoisotopic (exact) mass is 715 g/mol. The van der Waals surface area contributed by atoms with Crippen LogP contribution in [0.15, 0.2) is 24.3 Å². The van der Waals surface area contributed by atoms with Crippen molar-refractivity contribution in [3.05, 3.63) is 41.5 Å². The number of piperidine rings is 1. The number of methoxy groups -OCH3 is 1. The Balaban J connectivity index is 1.31. The zero-order valence-electron chi connectivity index (χ0n) is 29.4. The van der Waals surface area contributed by atoms with Gasteiger partial charge in [0, 0.05) is 35.0 Å². The first-order valence-electron chi connectivity index (χ1n) is 18.0. The molecule has 2 aliphatic heterocycles. The fourth-order valence-corrected chi connectivity index (χ4v) is 8.86. The van der Waals surface area contributed by atoms with Gasteiger partial charge >= 0.3 is 6.01 Å². The van der Waals surface area contributed by atoms with Crippen LogP contribution in [0, 0.1) is 29.4 Å². The van der Waals surface area contributed by atoms with Gasteiger partial charge in [-0.15, -0.1) is 6.42 Å². The number of ether oxygens (including phenoxy) is 3. The molecule has 52 heavy (non-hydrogen) atoms. The van der Waals surface area contributed by atoms with Crippen molar-refractivity contribution >= 4 is 27.5 Å². The van der Waals surface area contributed by atoms with Crippen LogP contribution in [-0.4, -0.2) is 106 Å². The first-order chi connectivity index (χ1) is 25.0. The molecule has 4 unspecified atom stereocenters. The lowest BCUT2D eigenvalue weighted by Crippen LogP contribution is -2.52. The second kappa shape index (κ2) is 13.3. The number of anilines is 1. The first-order valence-corrected chi connectivity index (χ1v) is 18.0. The minimum atomic E-state index is -1.36. The highest BCUT2D eigenvalue weighted by atomic mass is 19.1. The summed E-state index contributed by atoms with van der Waals surface area (Å²) < 4.78 is 50.4. The fraction of sp³-hybridized carbons (Fsp3) is 0.513. The van der Waals surface area contributed by atoms with Gasteiger partial charge < -0.3 is 34.4 Å². The number of hydrogen-bond acceptors (Lipinski definition) is 11. The van der Waals surface area contributed by atoms with Gasteiger partial charge in [0.05, 0.1) is 45.1 Å². The van der Waals surface area contributed by atoms with Crippen molar-refractivity contribution in [2.75, 3.05) is 51.5 Å². The topological polar surface area (TPSA) is 134 Å². The molecule has 4 aromatic rings. The number of rotatable bonds is 8. The number of pyridine rings is 1. The predicted molar refractivity (Wildman–Crippen MR) is 191 cm³/mol. The fourth-order valence-electron chi connectivity index (χ4n) is 8.86. The lowest BCUT2D eigenvalue weighted by atomic mass is 9.75. The maximum Gasteiger partial charge on any atom is 0.319 e. The van der Waals surface area contributed by atoms with E-state index >= 15 is 8.78 Å². The van der Waals surface area contributed by atoms with Crippen molar-refractivity contribution in [3.8, 4) is 41.2 Å². The van der Waals surface area contributed by atoms with Crippen molar-refractivity contribution in [1.29, 1.82) is 0 Å². The molecule has 2 aromatic carbocycles. The average molecular weight is 716 g/mol.